The number of rotatable bonds is 4. The average Bonchev–Trinajstić information content (AvgIpc) is 2.43. The first-order chi connectivity index (χ1) is 9.19. The number of halogens is 2. The van der Waals surface area contributed by atoms with Crippen LogP contribution >= 0.6 is 15.9 Å². The topological polar surface area (TPSA) is 47.3 Å². The van der Waals surface area contributed by atoms with Crippen molar-refractivity contribution >= 4 is 15.9 Å². The van der Waals surface area contributed by atoms with Crippen molar-refractivity contribution in [2.24, 2.45) is 5.84 Å². The molecule has 100 valence electrons. The normalized spacial score (nSPS) is 12.2. The number of hydrogen-bond donors (Lipinski definition) is 2. The van der Waals surface area contributed by atoms with Crippen molar-refractivity contribution in [2.45, 2.75) is 6.04 Å². The van der Waals surface area contributed by atoms with E-state index in [0.717, 1.165) is 5.56 Å². The molecule has 1 unspecified atom stereocenters. The zero-order valence-electron chi connectivity index (χ0n) is 10.4. The summed E-state index contributed by atoms with van der Waals surface area (Å²) in [7, 11) is 1.57. The summed E-state index contributed by atoms with van der Waals surface area (Å²) >= 11 is 3.36. The van der Waals surface area contributed by atoms with Gasteiger partial charge in [-0.1, -0.05) is 40.2 Å². The molecule has 0 radical (unpaired) electrons. The van der Waals surface area contributed by atoms with Crippen molar-refractivity contribution in [3.63, 3.8) is 0 Å². The van der Waals surface area contributed by atoms with Crippen LogP contribution in [-0.4, -0.2) is 7.11 Å². The van der Waals surface area contributed by atoms with E-state index in [-0.39, 0.29) is 5.82 Å². The summed E-state index contributed by atoms with van der Waals surface area (Å²) in [4.78, 5) is 0. The molecule has 0 heterocycles. The molecule has 0 amide bonds. The van der Waals surface area contributed by atoms with Crippen molar-refractivity contribution in [1.29, 1.82) is 0 Å². The average molecular weight is 325 g/mol. The molecule has 0 saturated carbocycles. The maximum atomic E-state index is 14.0. The van der Waals surface area contributed by atoms with Crippen LogP contribution in [0.5, 0.6) is 5.75 Å². The minimum absolute atomic E-state index is 0.330. The van der Waals surface area contributed by atoms with Crippen LogP contribution in [0, 0.1) is 5.82 Å². The van der Waals surface area contributed by atoms with Gasteiger partial charge >= 0.3 is 0 Å². The number of hydrazine groups is 1. The van der Waals surface area contributed by atoms with Gasteiger partial charge in [-0.15, -0.1) is 0 Å². The number of benzene rings is 2. The molecule has 5 heteroatoms. The highest BCUT2D eigenvalue weighted by Gasteiger charge is 2.22. The lowest BCUT2D eigenvalue weighted by molar-refractivity contribution is 0.403. The highest BCUT2D eigenvalue weighted by Crippen LogP contribution is 2.34. The number of para-hydroxylation sites is 1. The predicted octanol–water partition coefficient (Wildman–Crippen LogP) is 3.15. The molecule has 2 rings (SSSR count). The molecule has 1 atom stereocenters. The molecule has 0 aromatic heterocycles. The molecule has 2 aromatic rings. The molecule has 0 bridgehead atoms. The van der Waals surface area contributed by atoms with Crippen LogP contribution < -0.4 is 16.0 Å². The molecule has 2 aromatic carbocycles. The zero-order valence-corrected chi connectivity index (χ0v) is 11.9. The second-order valence-electron chi connectivity index (χ2n) is 3.98. The lowest BCUT2D eigenvalue weighted by atomic mass is 9.98. The van der Waals surface area contributed by atoms with Crippen molar-refractivity contribution in [2.75, 3.05) is 7.11 Å². The van der Waals surface area contributed by atoms with Gasteiger partial charge in [0.15, 0.2) is 0 Å². The first-order valence-electron chi connectivity index (χ1n) is 5.72. The quantitative estimate of drug-likeness (QED) is 0.671. The molecular formula is C14H14BrFN2O. The van der Waals surface area contributed by atoms with Crippen LogP contribution in [0.4, 0.5) is 4.39 Å². The number of nitrogens with one attached hydrogen (secondary N) is 1. The van der Waals surface area contributed by atoms with Gasteiger partial charge < -0.3 is 4.74 Å². The molecular weight excluding hydrogens is 311 g/mol. The first kappa shape index (κ1) is 14.0. The second-order valence-corrected chi connectivity index (χ2v) is 4.83. The minimum atomic E-state index is -0.494. The van der Waals surface area contributed by atoms with Gasteiger partial charge in [-0.2, -0.15) is 0 Å². The zero-order chi connectivity index (χ0) is 13.8. The smallest absolute Gasteiger partial charge is 0.129 e. The van der Waals surface area contributed by atoms with Gasteiger partial charge in [-0.3, -0.25) is 5.84 Å². The first-order valence-corrected chi connectivity index (χ1v) is 6.51. The van der Waals surface area contributed by atoms with E-state index >= 15 is 0 Å². The molecule has 0 spiro atoms. The van der Waals surface area contributed by atoms with Gasteiger partial charge in [0.25, 0.3) is 0 Å². The Balaban J connectivity index is 2.57. The Morgan fingerprint density at radius 2 is 1.95 bits per heavy atom. The van der Waals surface area contributed by atoms with Crippen LogP contribution in [0.15, 0.2) is 46.9 Å². The van der Waals surface area contributed by atoms with E-state index in [1.54, 1.807) is 19.2 Å². The fourth-order valence-electron chi connectivity index (χ4n) is 2.02. The Bertz CT molecular complexity index is 557. The van der Waals surface area contributed by atoms with Gasteiger partial charge in [-0.25, -0.2) is 9.82 Å². The van der Waals surface area contributed by atoms with E-state index < -0.39 is 6.04 Å². The van der Waals surface area contributed by atoms with Gasteiger partial charge in [-0.05, 0) is 18.2 Å². The van der Waals surface area contributed by atoms with Gasteiger partial charge in [0.2, 0.25) is 0 Å². The number of methoxy groups -OCH3 is 1. The van der Waals surface area contributed by atoms with Crippen LogP contribution in [0.25, 0.3) is 0 Å². The number of nitrogens with two attached hydrogens (primary N) is 1. The third kappa shape index (κ3) is 2.78. The monoisotopic (exact) mass is 324 g/mol. The van der Waals surface area contributed by atoms with Crippen molar-refractivity contribution in [3.05, 3.63) is 63.9 Å². The van der Waals surface area contributed by atoms with E-state index in [9.17, 15) is 4.39 Å². The second kappa shape index (κ2) is 6.14. The van der Waals surface area contributed by atoms with Crippen molar-refractivity contribution in [1.82, 2.24) is 5.43 Å². The van der Waals surface area contributed by atoms with Crippen LogP contribution in [0.2, 0.25) is 0 Å². The molecule has 3 N–H and O–H groups in total. The van der Waals surface area contributed by atoms with Crippen LogP contribution in [0.3, 0.4) is 0 Å². The fraction of sp³-hybridized carbons (Fsp3) is 0.143. The van der Waals surface area contributed by atoms with Crippen molar-refractivity contribution < 1.29 is 9.13 Å². The van der Waals surface area contributed by atoms with Crippen molar-refractivity contribution in [3.8, 4) is 5.75 Å². The molecule has 0 aliphatic carbocycles. The van der Waals surface area contributed by atoms with Gasteiger partial charge in [0.1, 0.15) is 11.6 Å². The lowest BCUT2D eigenvalue weighted by Crippen LogP contribution is -2.30. The molecule has 0 aliphatic rings. The molecule has 0 saturated heterocycles. The summed E-state index contributed by atoms with van der Waals surface area (Å²) < 4.78 is 20.0. The highest BCUT2D eigenvalue weighted by atomic mass is 79.9. The van der Waals surface area contributed by atoms with Gasteiger partial charge in [0.05, 0.1) is 13.2 Å². The maximum absolute atomic E-state index is 14.0. The Labute approximate surface area is 119 Å². The molecule has 0 aliphatic heterocycles. The summed E-state index contributed by atoms with van der Waals surface area (Å²) in [6, 6.07) is 11.7. The molecule has 3 nitrogen and oxygen atoms in total. The summed E-state index contributed by atoms with van der Waals surface area (Å²) in [5, 5.41) is 0. The minimum Gasteiger partial charge on any atom is -0.496 e. The molecule has 0 fully saturated rings. The summed E-state index contributed by atoms with van der Waals surface area (Å²) in [5.41, 5.74) is 3.87. The summed E-state index contributed by atoms with van der Waals surface area (Å²) in [6.07, 6.45) is 0. The third-order valence-corrected chi connectivity index (χ3v) is 3.60. The van der Waals surface area contributed by atoms with E-state index in [1.807, 2.05) is 24.3 Å². The van der Waals surface area contributed by atoms with E-state index in [2.05, 4.69) is 21.4 Å². The summed E-state index contributed by atoms with van der Waals surface area (Å²) in [5.74, 6) is 5.93. The Hall–Kier alpha value is -1.43. The Morgan fingerprint density at radius 3 is 2.58 bits per heavy atom. The standard InChI is InChI=1S/C14H14BrFN2O/c1-19-12-8-3-2-5-9(12)14(18-17)13-10(15)6-4-7-11(13)16/h2-8,14,18H,17H2,1H3. The predicted molar refractivity (Wildman–Crippen MR) is 76.3 cm³/mol. The Morgan fingerprint density at radius 1 is 1.21 bits per heavy atom. The van der Waals surface area contributed by atoms with Crippen LogP contribution in [-0.2, 0) is 0 Å². The highest BCUT2D eigenvalue weighted by molar-refractivity contribution is 9.10. The van der Waals surface area contributed by atoms with E-state index in [0.29, 0.717) is 15.8 Å². The molecule has 19 heavy (non-hydrogen) atoms. The Kier molecular flexibility index (Phi) is 4.52. The number of hydrogen-bond acceptors (Lipinski definition) is 3. The SMILES string of the molecule is COc1ccccc1C(NN)c1c(F)cccc1Br. The largest absolute Gasteiger partial charge is 0.496 e. The maximum Gasteiger partial charge on any atom is 0.129 e. The van der Waals surface area contributed by atoms with Gasteiger partial charge in [0, 0.05) is 15.6 Å². The summed E-state index contributed by atoms with van der Waals surface area (Å²) in [6.45, 7) is 0. The third-order valence-electron chi connectivity index (χ3n) is 2.90. The van der Waals surface area contributed by atoms with Crippen LogP contribution in [0.1, 0.15) is 17.2 Å². The van der Waals surface area contributed by atoms with E-state index in [1.165, 1.54) is 6.07 Å². The fourth-order valence-corrected chi connectivity index (χ4v) is 2.59. The number of ether oxygens (including phenoxy) is 1. The van der Waals surface area contributed by atoms with E-state index in [4.69, 9.17) is 10.6 Å². The lowest BCUT2D eigenvalue weighted by Gasteiger charge is -2.21.